The molecule has 0 bridgehead atoms. The van der Waals surface area contributed by atoms with Gasteiger partial charge in [0.25, 0.3) is 0 Å². The third-order valence-electron chi connectivity index (χ3n) is 3.58. The zero-order valence-electron chi connectivity index (χ0n) is 11.5. The minimum absolute atomic E-state index is 0.0374. The smallest absolute Gasteiger partial charge is 0.203 e. The number of hydrogen-bond donors (Lipinski definition) is 2. The zero-order chi connectivity index (χ0) is 14.8. The Hall–Kier alpha value is -2.40. The molecule has 3 aromatic rings. The van der Waals surface area contributed by atoms with Gasteiger partial charge in [-0.2, -0.15) is 0 Å². The number of para-hydroxylation sites is 2. The number of hydrogen-bond acceptors (Lipinski definition) is 2. The predicted molar refractivity (Wildman–Crippen MR) is 78.4 cm³/mol. The van der Waals surface area contributed by atoms with Crippen molar-refractivity contribution in [3.05, 3.63) is 65.5 Å². The van der Waals surface area contributed by atoms with Crippen molar-refractivity contribution in [1.29, 1.82) is 5.41 Å². The summed E-state index contributed by atoms with van der Waals surface area (Å²) in [6.07, 6.45) is 0. The Balaban J connectivity index is 2.17. The number of aliphatic hydroxyl groups is 1. The standard InChI is InChI=1S/C16H16FN3O/c17-13-6-2-1-5-12(13)11-20-15-8-4-3-7-14(15)19(9-10-21)16(20)18/h1-8,18,21H,9-11H2. The highest BCUT2D eigenvalue weighted by Crippen LogP contribution is 2.15. The molecule has 2 aromatic carbocycles. The first-order chi connectivity index (χ1) is 10.2. The molecule has 5 heteroatoms. The molecule has 1 heterocycles. The van der Waals surface area contributed by atoms with Crippen LogP contribution in [0.4, 0.5) is 4.39 Å². The van der Waals surface area contributed by atoms with Gasteiger partial charge in [-0.15, -0.1) is 0 Å². The van der Waals surface area contributed by atoms with E-state index in [4.69, 9.17) is 5.41 Å². The van der Waals surface area contributed by atoms with E-state index in [2.05, 4.69) is 0 Å². The van der Waals surface area contributed by atoms with Gasteiger partial charge in [-0.05, 0) is 18.2 Å². The van der Waals surface area contributed by atoms with Crippen LogP contribution in [0.5, 0.6) is 0 Å². The molecule has 0 amide bonds. The van der Waals surface area contributed by atoms with Crippen LogP contribution in [0.1, 0.15) is 5.56 Å². The van der Waals surface area contributed by atoms with Crippen molar-refractivity contribution in [1.82, 2.24) is 9.13 Å². The van der Waals surface area contributed by atoms with Crippen molar-refractivity contribution in [3.63, 3.8) is 0 Å². The van der Waals surface area contributed by atoms with Crippen LogP contribution in [0, 0.1) is 11.2 Å². The number of halogens is 1. The van der Waals surface area contributed by atoms with Crippen LogP contribution in [-0.4, -0.2) is 20.8 Å². The molecule has 2 N–H and O–H groups in total. The molecule has 21 heavy (non-hydrogen) atoms. The third kappa shape index (κ3) is 2.36. The number of imidazole rings is 1. The highest BCUT2D eigenvalue weighted by atomic mass is 19.1. The molecule has 0 atom stereocenters. The second-order valence-electron chi connectivity index (χ2n) is 4.87. The molecule has 4 nitrogen and oxygen atoms in total. The molecular formula is C16H16FN3O. The summed E-state index contributed by atoms with van der Waals surface area (Å²) in [6, 6.07) is 14.2. The summed E-state index contributed by atoms with van der Waals surface area (Å²) >= 11 is 0. The number of nitrogens with one attached hydrogen (secondary N) is 1. The number of fused-ring (bicyclic) bond motifs is 1. The molecule has 0 aliphatic carbocycles. The van der Waals surface area contributed by atoms with Gasteiger partial charge in [-0.3, -0.25) is 5.41 Å². The number of aromatic nitrogens is 2. The number of benzene rings is 2. The van der Waals surface area contributed by atoms with Crippen molar-refractivity contribution in [2.45, 2.75) is 13.1 Å². The SMILES string of the molecule is N=c1n(CCO)c2ccccc2n1Cc1ccccc1F. The lowest BCUT2D eigenvalue weighted by Gasteiger charge is -2.06. The van der Waals surface area contributed by atoms with Gasteiger partial charge in [0, 0.05) is 12.1 Å². The molecule has 3 rings (SSSR count). The summed E-state index contributed by atoms with van der Waals surface area (Å²) in [5.74, 6) is -0.275. The Morgan fingerprint density at radius 3 is 2.24 bits per heavy atom. The van der Waals surface area contributed by atoms with E-state index in [1.807, 2.05) is 24.3 Å². The molecule has 0 unspecified atom stereocenters. The molecule has 108 valence electrons. The van der Waals surface area contributed by atoms with Gasteiger partial charge < -0.3 is 14.2 Å². The Bertz CT molecular complexity index is 835. The summed E-state index contributed by atoms with van der Waals surface area (Å²) in [5.41, 5.74) is 2.53. The fourth-order valence-electron chi connectivity index (χ4n) is 2.58. The molecule has 0 aliphatic rings. The van der Waals surface area contributed by atoms with Gasteiger partial charge in [-0.25, -0.2) is 4.39 Å². The molecular weight excluding hydrogens is 269 g/mol. The number of rotatable bonds is 4. The highest BCUT2D eigenvalue weighted by Gasteiger charge is 2.11. The van der Waals surface area contributed by atoms with Crippen LogP contribution in [0.2, 0.25) is 0 Å². The summed E-state index contributed by atoms with van der Waals surface area (Å²) in [7, 11) is 0. The molecule has 0 saturated heterocycles. The molecule has 0 radical (unpaired) electrons. The van der Waals surface area contributed by atoms with Gasteiger partial charge in [0.15, 0.2) is 0 Å². The summed E-state index contributed by atoms with van der Waals surface area (Å²) in [5, 5.41) is 17.5. The van der Waals surface area contributed by atoms with Gasteiger partial charge in [-0.1, -0.05) is 30.3 Å². The van der Waals surface area contributed by atoms with Crippen LogP contribution in [0.15, 0.2) is 48.5 Å². The maximum atomic E-state index is 13.8. The van der Waals surface area contributed by atoms with Crippen LogP contribution in [-0.2, 0) is 13.1 Å². The van der Waals surface area contributed by atoms with Gasteiger partial charge in [0.1, 0.15) is 5.82 Å². The lowest BCUT2D eigenvalue weighted by atomic mass is 10.2. The quantitative estimate of drug-likeness (QED) is 0.758. The molecule has 0 saturated carbocycles. The van der Waals surface area contributed by atoms with Crippen molar-refractivity contribution in [2.24, 2.45) is 0 Å². The molecule has 0 spiro atoms. The maximum Gasteiger partial charge on any atom is 0.203 e. The summed E-state index contributed by atoms with van der Waals surface area (Å²) < 4.78 is 17.3. The van der Waals surface area contributed by atoms with E-state index in [-0.39, 0.29) is 18.0 Å². The first kappa shape index (κ1) is 13.6. The average molecular weight is 285 g/mol. The first-order valence-corrected chi connectivity index (χ1v) is 6.79. The van der Waals surface area contributed by atoms with Gasteiger partial charge in [0.2, 0.25) is 5.62 Å². The van der Waals surface area contributed by atoms with Gasteiger partial charge in [0.05, 0.1) is 24.2 Å². The molecule has 1 aromatic heterocycles. The fourth-order valence-corrected chi connectivity index (χ4v) is 2.58. The third-order valence-corrected chi connectivity index (χ3v) is 3.58. The minimum Gasteiger partial charge on any atom is -0.395 e. The molecule has 0 fully saturated rings. The van der Waals surface area contributed by atoms with Crippen LogP contribution in [0.25, 0.3) is 11.0 Å². The normalized spacial score (nSPS) is 11.1. The monoisotopic (exact) mass is 285 g/mol. The number of nitrogens with zero attached hydrogens (tertiary/aromatic N) is 2. The van der Waals surface area contributed by atoms with E-state index in [9.17, 15) is 9.50 Å². The van der Waals surface area contributed by atoms with E-state index in [0.29, 0.717) is 18.7 Å². The lowest BCUT2D eigenvalue weighted by molar-refractivity contribution is 0.274. The van der Waals surface area contributed by atoms with Crippen molar-refractivity contribution in [3.8, 4) is 0 Å². The molecule has 0 aliphatic heterocycles. The second-order valence-corrected chi connectivity index (χ2v) is 4.87. The maximum absolute atomic E-state index is 13.8. The summed E-state index contributed by atoms with van der Waals surface area (Å²) in [4.78, 5) is 0. The minimum atomic E-state index is -0.275. The summed E-state index contributed by atoms with van der Waals surface area (Å²) in [6.45, 7) is 0.609. The first-order valence-electron chi connectivity index (χ1n) is 6.79. The van der Waals surface area contributed by atoms with E-state index in [0.717, 1.165) is 11.0 Å². The van der Waals surface area contributed by atoms with E-state index < -0.39 is 0 Å². The van der Waals surface area contributed by atoms with Crippen LogP contribution < -0.4 is 5.62 Å². The average Bonchev–Trinajstić information content (AvgIpc) is 2.76. The van der Waals surface area contributed by atoms with E-state index in [1.165, 1.54) is 6.07 Å². The van der Waals surface area contributed by atoms with Crippen molar-refractivity contribution >= 4 is 11.0 Å². The van der Waals surface area contributed by atoms with Crippen molar-refractivity contribution in [2.75, 3.05) is 6.61 Å². The lowest BCUT2D eigenvalue weighted by Crippen LogP contribution is -2.26. The van der Waals surface area contributed by atoms with Crippen LogP contribution in [0.3, 0.4) is 0 Å². The van der Waals surface area contributed by atoms with Crippen molar-refractivity contribution < 1.29 is 9.50 Å². The predicted octanol–water partition coefficient (Wildman–Crippen LogP) is 2.10. The Morgan fingerprint density at radius 2 is 1.57 bits per heavy atom. The topological polar surface area (TPSA) is 53.9 Å². The largest absolute Gasteiger partial charge is 0.395 e. The van der Waals surface area contributed by atoms with Gasteiger partial charge >= 0.3 is 0 Å². The highest BCUT2D eigenvalue weighted by molar-refractivity contribution is 5.76. The zero-order valence-corrected chi connectivity index (χ0v) is 11.5. The fraction of sp³-hybridized carbons (Fsp3) is 0.188. The Morgan fingerprint density at radius 1 is 0.952 bits per heavy atom. The second kappa shape index (κ2) is 5.54. The Kier molecular flexibility index (Phi) is 3.58. The van der Waals surface area contributed by atoms with E-state index in [1.54, 1.807) is 27.3 Å². The van der Waals surface area contributed by atoms with Crippen LogP contribution >= 0.6 is 0 Å². The van der Waals surface area contributed by atoms with E-state index >= 15 is 0 Å². The Labute approximate surface area is 121 Å². The number of aliphatic hydroxyl groups excluding tert-OH is 1.